The van der Waals surface area contributed by atoms with Gasteiger partial charge in [-0.1, -0.05) is 32.6 Å². The summed E-state index contributed by atoms with van der Waals surface area (Å²) in [7, 11) is 1.78. The van der Waals surface area contributed by atoms with Crippen LogP contribution >= 0.6 is 11.6 Å². The molecule has 1 aromatic heterocycles. The normalized spacial score (nSPS) is 18.5. The number of aromatic nitrogens is 2. The van der Waals surface area contributed by atoms with E-state index in [9.17, 15) is 0 Å². The number of hydrogen-bond acceptors (Lipinski definition) is 3. The molecule has 0 aliphatic heterocycles. The SMILES string of the molecule is CCCc1nc(C2(OC)CCCCC2)ncc1CCl. The lowest BCUT2D eigenvalue weighted by molar-refractivity contribution is -0.0516. The highest BCUT2D eigenvalue weighted by Gasteiger charge is 2.36. The van der Waals surface area contributed by atoms with Crippen LogP contribution in [0.1, 0.15) is 62.5 Å². The van der Waals surface area contributed by atoms with Gasteiger partial charge in [-0.25, -0.2) is 9.97 Å². The number of aryl methyl sites for hydroxylation is 1. The number of hydrogen-bond donors (Lipinski definition) is 0. The first-order valence-corrected chi connectivity index (χ1v) is 7.75. The average Bonchev–Trinajstić information content (AvgIpc) is 2.48. The van der Waals surface area contributed by atoms with Crippen molar-refractivity contribution in [1.29, 1.82) is 0 Å². The molecule has 1 aromatic rings. The molecule has 19 heavy (non-hydrogen) atoms. The standard InChI is InChI=1S/C15H23ClN2O/c1-3-7-13-12(10-16)11-17-14(18-13)15(19-2)8-5-4-6-9-15/h11H,3-10H2,1-2H3. The van der Waals surface area contributed by atoms with Gasteiger partial charge in [0.25, 0.3) is 0 Å². The third-order valence-corrected chi connectivity index (χ3v) is 4.33. The highest BCUT2D eigenvalue weighted by Crippen LogP contribution is 2.38. The smallest absolute Gasteiger partial charge is 0.160 e. The molecule has 4 heteroatoms. The van der Waals surface area contributed by atoms with Crippen LogP contribution in [-0.2, 0) is 22.6 Å². The minimum absolute atomic E-state index is 0.272. The monoisotopic (exact) mass is 282 g/mol. The molecule has 0 aromatic carbocycles. The summed E-state index contributed by atoms with van der Waals surface area (Å²) in [6.07, 6.45) is 9.62. The van der Waals surface area contributed by atoms with Crippen LogP contribution in [0.4, 0.5) is 0 Å². The maximum atomic E-state index is 5.96. The van der Waals surface area contributed by atoms with Gasteiger partial charge in [-0.15, -0.1) is 11.6 Å². The highest BCUT2D eigenvalue weighted by atomic mass is 35.5. The van der Waals surface area contributed by atoms with Crippen molar-refractivity contribution in [3.05, 3.63) is 23.3 Å². The van der Waals surface area contributed by atoms with Crippen LogP contribution in [0.2, 0.25) is 0 Å². The van der Waals surface area contributed by atoms with E-state index >= 15 is 0 Å². The molecule has 1 saturated carbocycles. The van der Waals surface area contributed by atoms with Crippen LogP contribution in [0.3, 0.4) is 0 Å². The summed E-state index contributed by atoms with van der Waals surface area (Å²) >= 11 is 5.96. The predicted molar refractivity (Wildman–Crippen MR) is 77.4 cm³/mol. The molecule has 1 aliphatic carbocycles. The van der Waals surface area contributed by atoms with E-state index in [0.717, 1.165) is 42.8 Å². The predicted octanol–water partition coefficient (Wildman–Crippen LogP) is 3.97. The van der Waals surface area contributed by atoms with E-state index in [4.69, 9.17) is 21.3 Å². The van der Waals surface area contributed by atoms with Crippen LogP contribution in [0.15, 0.2) is 6.20 Å². The zero-order valence-corrected chi connectivity index (χ0v) is 12.7. The van der Waals surface area contributed by atoms with E-state index in [0.29, 0.717) is 5.88 Å². The van der Waals surface area contributed by atoms with Gasteiger partial charge in [-0.05, 0) is 19.3 Å². The topological polar surface area (TPSA) is 35.0 Å². The third-order valence-electron chi connectivity index (χ3n) is 4.04. The van der Waals surface area contributed by atoms with Gasteiger partial charge >= 0.3 is 0 Å². The first kappa shape index (κ1) is 14.7. The molecule has 3 nitrogen and oxygen atoms in total. The second-order valence-corrected chi connectivity index (χ2v) is 5.58. The van der Waals surface area contributed by atoms with Crippen molar-refractivity contribution < 1.29 is 4.74 Å². The lowest BCUT2D eigenvalue weighted by atomic mass is 9.83. The van der Waals surface area contributed by atoms with Gasteiger partial charge in [0.15, 0.2) is 5.82 Å². The molecule has 0 unspecified atom stereocenters. The van der Waals surface area contributed by atoms with Crippen LogP contribution < -0.4 is 0 Å². The maximum Gasteiger partial charge on any atom is 0.160 e. The molecule has 1 heterocycles. The summed E-state index contributed by atoms with van der Waals surface area (Å²) in [5.41, 5.74) is 1.87. The Balaban J connectivity index is 2.34. The Morgan fingerprint density at radius 3 is 2.63 bits per heavy atom. The minimum Gasteiger partial charge on any atom is -0.370 e. The molecule has 0 atom stereocenters. The molecule has 0 radical (unpaired) electrons. The molecule has 0 N–H and O–H groups in total. The Bertz CT molecular complexity index is 417. The van der Waals surface area contributed by atoms with Crippen molar-refractivity contribution in [2.45, 2.75) is 63.4 Å². The Kier molecular flexibility index (Phi) is 5.17. The van der Waals surface area contributed by atoms with Crippen molar-refractivity contribution in [3.63, 3.8) is 0 Å². The molecule has 0 amide bonds. The molecule has 1 aliphatic rings. The van der Waals surface area contributed by atoms with Gasteiger partial charge in [-0.2, -0.15) is 0 Å². The van der Waals surface area contributed by atoms with Gasteiger partial charge in [0.05, 0.1) is 5.88 Å². The van der Waals surface area contributed by atoms with Crippen LogP contribution in [0.25, 0.3) is 0 Å². The van der Waals surface area contributed by atoms with Gasteiger partial charge in [0.1, 0.15) is 5.60 Å². The van der Waals surface area contributed by atoms with Crippen molar-refractivity contribution in [1.82, 2.24) is 9.97 Å². The highest BCUT2D eigenvalue weighted by molar-refractivity contribution is 6.17. The number of halogens is 1. The van der Waals surface area contributed by atoms with Gasteiger partial charge in [-0.3, -0.25) is 0 Å². The fourth-order valence-corrected chi connectivity index (χ4v) is 3.09. The quantitative estimate of drug-likeness (QED) is 0.767. The zero-order chi connectivity index (χ0) is 13.7. The Morgan fingerprint density at radius 1 is 1.32 bits per heavy atom. The Labute approximate surface area is 120 Å². The van der Waals surface area contributed by atoms with Crippen molar-refractivity contribution >= 4 is 11.6 Å². The van der Waals surface area contributed by atoms with Gasteiger partial charge in [0.2, 0.25) is 0 Å². The molecule has 1 fully saturated rings. The third kappa shape index (κ3) is 3.09. The van der Waals surface area contributed by atoms with E-state index < -0.39 is 0 Å². The van der Waals surface area contributed by atoms with Crippen LogP contribution in [0, 0.1) is 0 Å². The van der Waals surface area contributed by atoms with Crippen LogP contribution in [0.5, 0.6) is 0 Å². The van der Waals surface area contributed by atoms with Crippen molar-refractivity contribution in [2.75, 3.05) is 7.11 Å². The molecule has 2 rings (SSSR count). The second-order valence-electron chi connectivity index (χ2n) is 5.31. The zero-order valence-electron chi connectivity index (χ0n) is 11.9. The first-order chi connectivity index (χ1) is 9.25. The average molecular weight is 283 g/mol. The van der Waals surface area contributed by atoms with E-state index in [1.54, 1.807) is 7.11 Å². The van der Waals surface area contributed by atoms with Crippen LogP contribution in [-0.4, -0.2) is 17.1 Å². The number of nitrogens with zero attached hydrogens (tertiary/aromatic N) is 2. The lowest BCUT2D eigenvalue weighted by Gasteiger charge is -2.34. The molecule has 0 bridgehead atoms. The Hall–Kier alpha value is -0.670. The first-order valence-electron chi connectivity index (χ1n) is 7.22. The lowest BCUT2D eigenvalue weighted by Crippen LogP contribution is -2.33. The maximum absolute atomic E-state index is 5.96. The Morgan fingerprint density at radius 2 is 2.05 bits per heavy atom. The summed E-state index contributed by atoms with van der Waals surface area (Å²) in [5.74, 6) is 1.34. The minimum atomic E-state index is -0.272. The number of ether oxygens (including phenoxy) is 1. The molecule has 0 spiro atoms. The molecular formula is C15H23ClN2O. The van der Waals surface area contributed by atoms with E-state index in [2.05, 4.69) is 11.9 Å². The summed E-state index contributed by atoms with van der Waals surface area (Å²) in [6, 6.07) is 0. The van der Waals surface area contributed by atoms with Crippen molar-refractivity contribution in [2.24, 2.45) is 0 Å². The fraction of sp³-hybridized carbons (Fsp3) is 0.733. The van der Waals surface area contributed by atoms with Crippen molar-refractivity contribution in [3.8, 4) is 0 Å². The molecule has 0 saturated heterocycles. The molecule has 106 valence electrons. The number of rotatable bonds is 5. The number of alkyl halides is 1. The van der Waals surface area contributed by atoms with E-state index in [1.165, 1.54) is 19.3 Å². The summed E-state index contributed by atoms with van der Waals surface area (Å²) < 4.78 is 5.81. The largest absolute Gasteiger partial charge is 0.370 e. The van der Waals surface area contributed by atoms with Gasteiger partial charge < -0.3 is 4.74 Å². The number of methoxy groups -OCH3 is 1. The molecular weight excluding hydrogens is 260 g/mol. The van der Waals surface area contributed by atoms with Gasteiger partial charge in [0, 0.05) is 24.6 Å². The van der Waals surface area contributed by atoms with E-state index in [1.807, 2.05) is 6.20 Å². The summed E-state index contributed by atoms with van der Waals surface area (Å²) in [5, 5.41) is 0. The summed E-state index contributed by atoms with van der Waals surface area (Å²) in [4.78, 5) is 9.32. The fourth-order valence-electron chi connectivity index (χ4n) is 2.87. The summed E-state index contributed by atoms with van der Waals surface area (Å²) in [6.45, 7) is 2.16. The second kappa shape index (κ2) is 6.67. The van der Waals surface area contributed by atoms with E-state index in [-0.39, 0.29) is 5.60 Å².